The van der Waals surface area contributed by atoms with Gasteiger partial charge >= 0.3 is 0 Å². The standard InChI is InChI=1S/C9H18ClNO/c1-8(7-12-2)11-4-3-9(5-10)6-11/h8-9H,3-7H2,1-2H3. The van der Waals surface area contributed by atoms with Crippen LogP contribution in [0.1, 0.15) is 13.3 Å². The average molecular weight is 192 g/mol. The molecule has 1 fully saturated rings. The summed E-state index contributed by atoms with van der Waals surface area (Å²) in [5.74, 6) is 1.50. The van der Waals surface area contributed by atoms with Crippen molar-refractivity contribution in [1.29, 1.82) is 0 Å². The second kappa shape index (κ2) is 5.05. The number of methoxy groups -OCH3 is 1. The number of likely N-dealkylation sites (tertiary alicyclic amines) is 1. The molecule has 0 aromatic heterocycles. The second-order valence-corrected chi connectivity index (χ2v) is 3.92. The van der Waals surface area contributed by atoms with Crippen molar-refractivity contribution in [3.8, 4) is 0 Å². The highest BCUT2D eigenvalue weighted by molar-refractivity contribution is 6.18. The Hall–Kier alpha value is 0.210. The predicted octanol–water partition coefficient (Wildman–Crippen LogP) is 1.58. The molecule has 0 bridgehead atoms. The maximum atomic E-state index is 5.80. The van der Waals surface area contributed by atoms with Gasteiger partial charge in [0.1, 0.15) is 0 Å². The summed E-state index contributed by atoms with van der Waals surface area (Å²) in [6.07, 6.45) is 1.25. The lowest BCUT2D eigenvalue weighted by atomic mass is 10.2. The number of nitrogens with zero attached hydrogens (tertiary/aromatic N) is 1. The van der Waals surface area contributed by atoms with Gasteiger partial charge in [-0.25, -0.2) is 0 Å². The van der Waals surface area contributed by atoms with E-state index < -0.39 is 0 Å². The molecular formula is C9H18ClNO. The number of alkyl halides is 1. The molecule has 0 aromatic rings. The number of rotatable bonds is 4. The molecule has 12 heavy (non-hydrogen) atoms. The molecule has 2 atom stereocenters. The highest BCUT2D eigenvalue weighted by atomic mass is 35.5. The Morgan fingerprint density at radius 2 is 2.42 bits per heavy atom. The summed E-state index contributed by atoms with van der Waals surface area (Å²) in [6, 6.07) is 0.545. The van der Waals surface area contributed by atoms with E-state index in [9.17, 15) is 0 Å². The van der Waals surface area contributed by atoms with Gasteiger partial charge in [-0.2, -0.15) is 0 Å². The number of hydrogen-bond acceptors (Lipinski definition) is 2. The molecular weight excluding hydrogens is 174 g/mol. The Labute approximate surface area is 79.8 Å². The van der Waals surface area contributed by atoms with Crippen molar-refractivity contribution < 1.29 is 4.74 Å². The fourth-order valence-corrected chi connectivity index (χ4v) is 1.99. The van der Waals surface area contributed by atoms with Crippen molar-refractivity contribution >= 4 is 11.6 Å². The van der Waals surface area contributed by atoms with Gasteiger partial charge in [-0.15, -0.1) is 11.6 Å². The van der Waals surface area contributed by atoms with Crippen LogP contribution in [-0.4, -0.2) is 43.6 Å². The Morgan fingerprint density at radius 3 is 2.92 bits per heavy atom. The molecule has 1 rings (SSSR count). The van der Waals surface area contributed by atoms with E-state index in [2.05, 4.69) is 11.8 Å². The van der Waals surface area contributed by atoms with E-state index in [1.807, 2.05) is 0 Å². The maximum Gasteiger partial charge on any atom is 0.0615 e. The highest BCUT2D eigenvalue weighted by Crippen LogP contribution is 2.19. The first-order valence-corrected chi connectivity index (χ1v) is 5.10. The van der Waals surface area contributed by atoms with Crippen molar-refractivity contribution in [2.45, 2.75) is 19.4 Å². The van der Waals surface area contributed by atoms with E-state index in [0.29, 0.717) is 12.0 Å². The van der Waals surface area contributed by atoms with Crippen molar-refractivity contribution in [1.82, 2.24) is 4.90 Å². The van der Waals surface area contributed by atoms with Crippen LogP contribution < -0.4 is 0 Å². The van der Waals surface area contributed by atoms with Crippen molar-refractivity contribution in [3.63, 3.8) is 0 Å². The van der Waals surface area contributed by atoms with Crippen LogP contribution in [0.5, 0.6) is 0 Å². The monoisotopic (exact) mass is 191 g/mol. The number of ether oxygens (including phenoxy) is 1. The number of halogens is 1. The van der Waals surface area contributed by atoms with Gasteiger partial charge in [-0.05, 0) is 25.8 Å². The SMILES string of the molecule is COCC(C)N1CCC(CCl)C1. The minimum atomic E-state index is 0.545. The minimum absolute atomic E-state index is 0.545. The van der Waals surface area contributed by atoms with E-state index in [1.54, 1.807) is 7.11 Å². The quantitative estimate of drug-likeness (QED) is 0.626. The third-order valence-electron chi connectivity index (χ3n) is 2.57. The summed E-state index contributed by atoms with van der Waals surface area (Å²) in [5.41, 5.74) is 0. The molecule has 2 nitrogen and oxygen atoms in total. The Kier molecular flexibility index (Phi) is 4.33. The predicted molar refractivity (Wildman–Crippen MR) is 51.7 cm³/mol. The molecule has 72 valence electrons. The van der Waals surface area contributed by atoms with Crippen LogP contribution in [0.4, 0.5) is 0 Å². The fourth-order valence-electron chi connectivity index (χ4n) is 1.74. The van der Waals surface area contributed by atoms with Gasteiger partial charge in [0.05, 0.1) is 6.61 Å². The Morgan fingerprint density at radius 1 is 1.67 bits per heavy atom. The molecule has 1 saturated heterocycles. The zero-order valence-electron chi connectivity index (χ0n) is 7.92. The fraction of sp³-hybridized carbons (Fsp3) is 1.00. The van der Waals surface area contributed by atoms with Gasteiger partial charge in [0.15, 0.2) is 0 Å². The lowest BCUT2D eigenvalue weighted by Gasteiger charge is -2.23. The molecule has 0 radical (unpaired) electrons. The van der Waals surface area contributed by atoms with E-state index in [1.165, 1.54) is 13.0 Å². The molecule has 1 heterocycles. The summed E-state index contributed by atoms with van der Waals surface area (Å²) in [4.78, 5) is 2.45. The molecule has 0 amide bonds. The van der Waals surface area contributed by atoms with E-state index >= 15 is 0 Å². The lowest BCUT2D eigenvalue weighted by molar-refractivity contribution is 0.113. The van der Waals surface area contributed by atoms with Crippen molar-refractivity contribution in [2.75, 3.05) is 32.7 Å². The van der Waals surface area contributed by atoms with Crippen LogP contribution >= 0.6 is 11.6 Å². The Bertz CT molecular complexity index is 132. The second-order valence-electron chi connectivity index (χ2n) is 3.61. The van der Waals surface area contributed by atoms with Crippen LogP contribution in [0, 0.1) is 5.92 Å². The topological polar surface area (TPSA) is 12.5 Å². The zero-order chi connectivity index (χ0) is 8.97. The normalized spacial score (nSPS) is 27.8. The van der Waals surface area contributed by atoms with Crippen LogP contribution in [0.15, 0.2) is 0 Å². The third kappa shape index (κ3) is 2.61. The first-order valence-electron chi connectivity index (χ1n) is 4.57. The summed E-state index contributed by atoms with van der Waals surface area (Å²) < 4.78 is 5.11. The van der Waals surface area contributed by atoms with Crippen molar-refractivity contribution in [3.05, 3.63) is 0 Å². The number of hydrogen-bond donors (Lipinski definition) is 0. The molecule has 0 N–H and O–H groups in total. The highest BCUT2D eigenvalue weighted by Gasteiger charge is 2.24. The zero-order valence-corrected chi connectivity index (χ0v) is 8.68. The van der Waals surface area contributed by atoms with Gasteiger partial charge < -0.3 is 4.74 Å². The van der Waals surface area contributed by atoms with E-state index in [0.717, 1.165) is 19.0 Å². The van der Waals surface area contributed by atoms with Crippen LogP contribution in [0.2, 0.25) is 0 Å². The minimum Gasteiger partial charge on any atom is -0.383 e. The molecule has 0 spiro atoms. The molecule has 1 aliphatic heterocycles. The average Bonchev–Trinajstić information content (AvgIpc) is 2.52. The van der Waals surface area contributed by atoms with Crippen LogP contribution in [0.3, 0.4) is 0 Å². The summed E-state index contributed by atoms with van der Waals surface area (Å²) in [6.45, 7) is 5.37. The summed E-state index contributed by atoms with van der Waals surface area (Å²) in [7, 11) is 1.76. The molecule has 2 unspecified atom stereocenters. The van der Waals surface area contributed by atoms with Gasteiger partial charge in [-0.1, -0.05) is 0 Å². The summed E-state index contributed by atoms with van der Waals surface area (Å²) in [5, 5.41) is 0. The first kappa shape index (κ1) is 10.3. The van der Waals surface area contributed by atoms with Gasteiger partial charge in [0, 0.05) is 25.6 Å². The molecule has 3 heteroatoms. The smallest absolute Gasteiger partial charge is 0.0615 e. The molecule has 0 aliphatic carbocycles. The molecule has 0 aromatic carbocycles. The Balaban J connectivity index is 2.25. The van der Waals surface area contributed by atoms with E-state index in [4.69, 9.17) is 16.3 Å². The lowest BCUT2D eigenvalue weighted by Crippen LogP contribution is -2.34. The maximum absolute atomic E-state index is 5.80. The van der Waals surface area contributed by atoms with Gasteiger partial charge in [0.2, 0.25) is 0 Å². The first-order chi connectivity index (χ1) is 5.77. The van der Waals surface area contributed by atoms with Gasteiger partial charge in [0.25, 0.3) is 0 Å². The van der Waals surface area contributed by atoms with Crippen molar-refractivity contribution in [2.24, 2.45) is 5.92 Å². The largest absolute Gasteiger partial charge is 0.383 e. The van der Waals surface area contributed by atoms with Crippen LogP contribution in [-0.2, 0) is 4.74 Å². The molecule has 1 aliphatic rings. The third-order valence-corrected chi connectivity index (χ3v) is 3.00. The summed E-state index contributed by atoms with van der Waals surface area (Å²) >= 11 is 5.80. The molecule has 0 saturated carbocycles. The van der Waals surface area contributed by atoms with Crippen LogP contribution in [0.25, 0.3) is 0 Å². The van der Waals surface area contributed by atoms with E-state index in [-0.39, 0.29) is 0 Å². The van der Waals surface area contributed by atoms with Gasteiger partial charge in [-0.3, -0.25) is 4.90 Å².